The fourth-order valence-corrected chi connectivity index (χ4v) is 3.22. The average Bonchev–Trinajstić information content (AvgIpc) is 1.94. The summed E-state index contributed by atoms with van der Waals surface area (Å²) in [4.78, 5) is 0. The second-order valence-corrected chi connectivity index (χ2v) is 4.23. The van der Waals surface area contributed by atoms with Gasteiger partial charge >= 0.3 is 0 Å². The summed E-state index contributed by atoms with van der Waals surface area (Å²) in [5.41, 5.74) is 0.876. The molecule has 0 aromatic carbocycles. The van der Waals surface area contributed by atoms with Crippen molar-refractivity contribution >= 4 is 0 Å². The van der Waals surface area contributed by atoms with E-state index in [-0.39, 0.29) is 0 Å². The molecule has 0 nitrogen and oxygen atoms in total. The van der Waals surface area contributed by atoms with Crippen LogP contribution in [0.4, 0.5) is 0 Å². The Morgan fingerprint density at radius 2 is 2.20 bits per heavy atom. The van der Waals surface area contributed by atoms with Crippen molar-refractivity contribution in [2.45, 2.75) is 46.0 Å². The van der Waals surface area contributed by atoms with Gasteiger partial charge in [0.05, 0.1) is 0 Å². The molecule has 0 aromatic rings. The van der Waals surface area contributed by atoms with E-state index in [9.17, 15) is 0 Å². The van der Waals surface area contributed by atoms with E-state index >= 15 is 0 Å². The highest BCUT2D eigenvalue weighted by Crippen LogP contribution is 2.66. The molecule has 10 heavy (non-hydrogen) atoms. The van der Waals surface area contributed by atoms with Gasteiger partial charge in [0.25, 0.3) is 0 Å². The van der Waals surface area contributed by atoms with Crippen molar-refractivity contribution in [3.8, 4) is 0 Å². The van der Waals surface area contributed by atoms with Gasteiger partial charge in [-0.3, -0.25) is 0 Å². The summed E-state index contributed by atoms with van der Waals surface area (Å²) in [6.07, 6.45) is 7.54. The van der Waals surface area contributed by atoms with Gasteiger partial charge in [-0.1, -0.05) is 26.7 Å². The van der Waals surface area contributed by atoms with E-state index in [0.717, 1.165) is 17.3 Å². The second kappa shape index (κ2) is 1.99. The Balaban J connectivity index is 1.97. The van der Waals surface area contributed by atoms with Crippen molar-refractivity contribution in [2.24, 2.45) is 17.3 Å². The maximum Gasteiger partial charge on any atom is -0.0266 e. The van der Waals surface area contributed by atoms with Crippen molar-refractivity contribution in [3.05, 3.63) is 0 Å². The van der Waals surface area contributed by atoms with Crippen LogP contribution in [0.25, 0.3) is 0 Å². The molecule has 2 fully saturated rings. The maximum atomic E-state index is 2.37. The van der Waals surface area contributed by atoms with E-state index in [1.54, 1.807) is 19.3 Å². The SMILES string of the molecule is CCC1CC2(CC)CCC12. The third-order valence-corrected chi connectivity index (χ3v) is 4.21. The molecule has 0 radical (unpaired) electrons. The lowest BCUT2D eigenvalue weighted by Gasteiger charge is -2.64. The van der Waals surface area contributed by atoms with E-state index in [4.69, 9.17) is 0 Å². The van der Waals surface area contributed by atoms with Gasteiger partial charge in [0.1, 0.15) is 0 Å². The normalized spacial score (nSPS) is 51.0. The van der Waals surface area contributed by atoms with E-state index in [1.165, 1.54) is 12.8 Å². The summed E-state index contributed by atoms with van der Waals surface area (Å²) < 4.78 is 0. The average molecular weight is 138 g/mol. The van der Waals surface area contributed by atoms with Crippen LogP contribution >= 0.6 is 0 Å². The van der Waals surface area contributed by atoms with E-state index in [1.807, 2.05) is 0 Å². The molecule has 0 spiro atoms. The first-order chi connectivity index (χ1) is 4.82. The molecule has 3 unspecified atom stereocenters. The van der Waals surface area contributed by atoms with Crippen molar-refractivity contribution in [1.29, 1.82) is 0 Å². The van der Waals surface area contributed by atoms with E-state index < -0.39 is 0 Å². The van der Waals surface area contributed by atoms with Gasteiger partial charge in [0, 0.05) is 0 Å². The minimum atomic E-state index is 0.876. The largest absolute Gasteiger partial charge is 0.0651 e. The standard InChI is InChI=1S/C10H18/c1-3-8-7-10(4-2)6-5-9(8)10/h8-9H,3-7H2,1-2H3. The zero-order valence-electron chi connectivity index (χ0n) is 7.19. The highest BCUT2D eigenvalue weighted by molar-refractivity contribution is 5.06. The minimum Gasteiger partial charge on any atom is -0.0651 e. The molecule has 2 saturated carbocycles. The first kappa shape index (κ1) is 6.69. The number of rotatable bonds is 2. The Bertz CT molecular complexity index is 135. The number of fused-ring (bicyclic) bond motifs is 1. The summed E-state index contributed by atoms with van der Waals surface area (Å²) in [6.45, 7) is 4.72. The van der Waals surface area contributed by atoms with E-state index in [2.05, 4.69) is 13.8 Å². The minimum absolute atomic E-state index is 0.876. The number of hydrogen-bond acceptors (Lipinski definition) is 0. The van der Waals surface area contributed by atoms with Crippen molar-refractivity contribution < 1.29 is 0 Å². The van der Waals surface area contributed by atoms with Gasteiger partial charge in [-0.25, -0.2) is 0 Å². The predicted octanol–water partition coefficient (Wildman–Crippen LogP) is 3.22. The highest BCUT2D eigenvalue weighted by atomic mass is 14.6. The third kappa shape index (κ3) is 0.580. The van der Waals surface area contributed by atoms with Gasteiger partial charge in [-0.2, -0.15) is 0 Å². The van der Waals surface area contributed by atoms with Gasteiger partial charge in [0.15, 0.2) is 0 Å². The Morgan fingerprint density at radius 1 is 1.40 bits per heavy atom. The smallest absolute Gasteiger partial charge is 0.0266 e. The predicted molar refractivity (Wildman–Crippen MR) is 43.8 cm³/mol. The van der Waals surface area contributed by atoms with Crippen molar-refractivity contribution in [1.82, 2.24) is 0 Å². The van der Waals surface area contributed by atoms with Gasteiger partial charge in [-0.15, -0.1) is 0 Å². The topological polar surface area (TPSA) is 0 Å². The van der Waals surface area contributed by atoms with Crippen LogP contribution in [-0.2, 0) is 0 Å². The summed E-state index contributed by atoms with van der Waals surface area (Å²) in [7, 11) is 0. The van der Waals surface area contributed by atoms with Crippen LogP contribution in [0.5, 0.6) is 0 Å². The molecule has 0 N–H and O–H groups in total. The second-order valence-electron chi connectivity index (χ2n) is 4.23. The Kier molecular flexibility index (Phi) is 1.33. The molecule has 0 heteroatoms. The van der Waals surface area contributed by atoms with Crippen molar-refractivity contribution in [3.63, 3.8) is 0 Å². The molecule has 0 aromatic heterocycles. The first-order valence-electron chi connectivity index (χ1n) is 4.82. The quantitative estimate of drug-likeness (QED) is 0.549. The van der Waals surface area contributed by atoms with Crippen LogP contribution in [0.15, 0.2) is 0 Å². The zero-order chi connectivity index (χ0) is 7.19. The molecule has 3 atom stereocenters. The van der Waals surface area contributed by atoms with Gasteiger partial charge in [-0.05, 0) is 36.5 Å². The van der Waals surface area contributed by atoms with Crippen LogP contribution in [0.2, 0.25) is 0 Å². The van der Waals surface area contributed by atoms with Crippen LogP contribution in [0.1, 0.15) is 46.0 Å². The van der Waals surface area contributed by atoms with Crippen LogP contribution in [-0.4, -0.2) is 0 Å². The first-order valence-corrected chi connectivity index (χ1v) is 4.82. The monoisotopic (exact) mass is 138 g/mol. The molecule has 2 rings (SSSR count). The molecular formula is C10H18. The zero-order valence-corrected chi connectivity index (χ0v) is 7.19. The Labute approximate surface area is 64.0 Å². The van der Waals surface area contributed by atoms with Gasteiger partial charge < -0.3 is 0 Å². The number of hydrogen-bond donors (Lipinski definition) is 0. The summed E-state index contributed by atoms with van der Waals surface area (Å²) >= 11 is 0. The molecule has 0 heterocycles. The highest BCUT2D eigenvalue weighted by Gasteiger charge is 2.57. The molecule has 0 saturated heterocycles. The Morgan fingerprint density at radius 3 is 2.50 bits per heavy atom. The van der Waals surface area contributed by atoms with Gasteiger partial charge in [0.2, 0.25) is 0 Å². The fraction of sp³-hybridized carbons (Fsp3) is 1.00. The Hall–Kier alpha value is 0. The summed E-state index contributed by atoms with van der Waals surface area (Å²) in [5, 5.41) is 0. The molecule has 58 valence electrons. The lowest BCUT2D eigenvalue weighted by Crippen LogP contribution is -2.54. The van der Waals surface area contributed by atoms with Crippen LogP contribution in [0.3, 0.4) is 0 Å². The summed E-state index contributed by atoms with van der Waals surface area (Å²) in [5.74, 6) is 2.27. The summed E-state index contributed by atoms with van der Waals surface area (Å²) in [6, 6.07) is 0. The molecule has 0 bridgehead atoms. The molecule has 2 aliphatic rings. The lowest BCUT2D eigenvalue weighted by atomic mass is 9.41. The van der Waals surface area contributed by atoms with Crippen LogP contribution in [0, 0.1) is 17.3 Å². The molecule has 2 aliphatic carbocycles. The maximum absolute atomic E-state index is 2.37. The molecule has 0 aliphatic heterocycles. The lowest BCUT2D eigenvalue weighted by molar-refractivity contribution is -0.137. The van der Waals surface area contributed by atoms with Crippen LogP contribution < -0.4 is 0 Å². The van der Waals surface area contributed by atoms with E-state index in [0.29, 0.717) is 0 Å². The molecular weight excluding hydrogens is 120 g/mol. The van der Waals surface area contributed by atoms with Crippen molar-refractivity contribution in [2.75, 3.05) is 0 Å². The molecule has 0 amide bonds. The third-order valence-electron chi connectivity index (χ3n) is 4.21. The fourth-order valence-electron chi connectivity index (χ4n) is 3.22.